The van der Waals surface area contributed by atoms with Crippen molar-refractivity contribution >= 4 is 5.82 Å². The molecule has 0 aromatic carbocycles. The van der Waals surface area contributed by atoms with Crippen LogP contribution < -0.4 is 10.5 Å². The lowest BCUT2D eigenvalue weighted by Gasteiger charge is -2.39. The first kappa shape index (κ1) is 12.5. The summed E-state index contributed by atoms with van der Waals surface area (Å²) in [5.41, 5.74) is 2.29. The van der Waals surface area contributed by atoms with Gasteiger partial charge in [-0.25, -0.2) is 9.67 Å². The molecule has 1 saturated heterocycles. The quantitative estimate of drug-likeness (QED) is 0.828. The minimum absolute atomic E-state index is 0.0357. The van der Waals surface area contributed by atoms with Crippen LogP contribution in [0.15, 0.2) is 29.5 Å². The molecule has 0 atom stereocenters. The summed E-state index contributed by atoms with van der Waals surface area (Å²) in [6.07, 6.45) is 8.28. The van der Waals surface area contributed by atoms with Gasteiger partial charge >= 0.3 is 0 Å². The van der Waals surface area contributed by atoms with E-state index in [0.29, 0.717) is 12.5 Å². The van der Waals surface area contributed by atoms with Crippen LogP contribution in [0.3, 0.4) is 0 Å². The molecule has 6 nitrogen and oxygen atoms in total. The van der Waals surface area contributed by atoms with E-state index >= 15 is 0 Å². The molecule has 1 fully saturated rings. The Hall–Kier alpha value is -2.24. The van der Waals surface area contributed by atoms with Crippen molar-refractivity contribution in [2.75, 3.05) is 18.0 Å². The first-order chi connectivity index (χ1) is 10.3. The van der Waals surface area contributed by atoms with E-state index in [1.165, 1.54) is 0 Å². The van der Waals surface area contributed by atoms with Gasteiger partial charge in [-0.1, -0.05) is 0 Å². The molecule has 2 aromatic rings. The van der Waals surface area contributed by atoms with Gasteiger partial charge in [-0.15, -0.1) is 0 Å². The maximum atomic E-state index is 12.1. The van der Waals surface area contributed by atoms with E-state index < -0.39 is 0 Å². The van der Waals surface area contributed by atoms with Crippen molar-refractivity contribution in [1.82, 2.24) is 19.7 Å². The van der Waals surface area contributed by atoms with Gasteiger partial charge in [0.05, 0.1) is 18.4 Å². The van der Waals surface area contributed by atoms with Crippen molar-refractivity contribution in [3.8, 4) is 0 Å². The molecular formula is C15H17N5O. The summed E-state index contributed by atoms with van der Waals surface area (Å²) in [6, 6.07) is 1.77. The third-order valence-corrected chi connectivity index (χ3v) is 4.29. The van der Waals surface area contributed by atoms with Crippen molar-refractivity contribution in [2.45, 2.75) is 25.8 Å². The van der Waals surface area contributed by atoms with Crippen LogP contribution >= 0.6 is 0 Å². The Kier molecular flexibility index (Phi) is 2.94. The summed E-state index contributed by atoms with van der Waals surface area (Å²) in [5.74, 6) is 1.36. The lowest BCUT2D eigenvalue weighted by Crippen LogP contribution is -2.50. The van der Waals surface area contributed by atoms with Gasteiger partial charge in [-0.2, -0.15) is 5.10 Å². The van der Waals surface area contributed by atoms with Crippen molar-refractivity contribution in [2.24, 2.45) is 5.92 Å². The molecule has 0 unspecified atom stereocenters. The SMILES string of the molecule is O=c1cc2c(nn1CC1CN(c3cnccn3)C1)CCC2. The molecule has 0 radical (unpaired) electrons. The molecule has 4 rings (SSSR count). The van der Waals surface area contributed by atoms with E-state index in [-0.39, 0.29) is 5.56 Å². The van der Waals surface area contributed by atoms with Gasteiger partial charge in [0.15, 0.2) is 0 Å². The van der Waals surface area contributed by atoms with Crippen molar-refractivity contribution < 1.29 is 0 Å². The fourth-order valence-electron chi connectivity index (χ4n) is 3.14. The highest BCUT2D eigenvalue weighted by Gasteiger charge is 2.29. The highest BCUT2D eigenvalue weighted by Crippen LogP contribution is 2.23. The lowest BCUT2D eigenvalue weighted by molar-refractivity contribution is 0.331. The molecule has 1 aliphatic heterocycles. The smallest absolute Gasteiger partial charge is 0.267 e. The molecule has 21 heavy (non-hydrogen) atoms. The zero-order chi connectivity index (χ0) is 14.2. The third kappa shape index (κ3) is 2.30. The summed E-state index contributed by atoms with van der Waals surface area (Å²) in [6.45, 7) is 2.51. The van der Waals surface area contributed by atoms with Crippen molar-refractivity contribution in [1.29, 1.82) is 0 Å². The summed E-state index contributed by atoms with van der Waals surface area (Å²) >= 11 is 0. The number of fused-ring (bicyclic) bond motifs is 1. The van der Waals surface area contributed by atoms with E-state index in [1.807, 2.05) is 0 Å². The Balaban J connectivity index is 1.44. The van der Waals surface area contributed by atoms with Crippen LogP contribution in [0.4, 0.5) is 5.82 Å². The standard InChI is InChI=1S/C15H17N5O/c21-15-6-12-2-1-3-13(12)18-20(15)10-11-8-19(9-11)14-7-16-4-5-17-14/h4-7,11H,1-3,8-10H2. The average molecular weight is 283 g/mol. The van der Waals surface area contributed by atoms with Crippen LogP contribution in [0.1, 0.15) is 17.7 Å². The molecule has 2 aromatic heterocycles. The monoisotopic (exact) mass is 283 g/mol. The average Bonchev–Trinajstić information content (AvgIpc) is 2.90. The van der Waals surface area contributed by atoms with Gasteiger partial charge in [0.1, 0.15) is 5.82 Å². The predicted molar refractivity (Wildman–Crippen MR) is 78.3 cm³/mol. The maximum Gasteiger partial charge on any atom is 0.267 e. The molecule has 0 bridgehead atoms. The zero-order valence-electron chi connectivity index (χ0n) is 11.8. The molecule has 0 spiro atoms. The number of hydrogen-bond donors (Lipinski definition) is 0. The summed E-state index contributed by atoms with van der Waals surface area (Å²) in [5, 5.41) is 4.53. The number of aromatic nitrogens is 4. The summed E-state index contributed by atoms with van der Waals surface area (Å²) in [4.78, 5) is 22.6. The molecule has 1 aliphatic carbocycles. The van der Waals surface area contributed by atoms with Gasteiger partial charge in [-0.05, 0) is 24.8 Å². The lowest BCUT2D eigenvalue weighted by atomic mass is 10.0. The highest BCUT2D eigenvalue weighted by molar-refractivity contribution is 5.38. The van der Waals surface area contributed by atoms with Gasteiger partial charge in [0.25, 0.3) is 5.56 Å². The van der Waals surface area contributed by atoms with E-state index in [0.717, 1.165) is 49.4 Å². The molecular weight excluding hydrogens is 266 g/mol. The fraction of sp³-hybridized carbons (Fsp3) is 0.467. The molecule has 108 valence electrons. The molecule has 2 aliphatic rings. The predicted octanol–water partition coefficient (Wildman–Crippen LogP) is 0.658. The van der Waals surface area contributed by atoms with Crippen LogP contribution in [-0.4, -0.2) is 32.8 Å². The normalized spacial score (nSPS) is 17.6. The van der Waals surface area contributed by atoms with Crippen molar-refractivity contribution in [3.05, 3.63) is 46.3 Å². The van der Waals surface area contributed by atoms with Crippen LogP contribution in [-0.2, 0) is 19.4 Å². The number of rotatable bonds is 3. The Bertz CT molecular complexity index is 706. The molecule has 0 saturated carbocycles. The Morgan fingerprint density at radius 2 is 2.14 bits per heavy atom. The molecule has 6 heteroatoms. The second kappa shape index (κ2) is 4.95. The number of hydrogen-bond acceptors (Lipinski definition) is 5. The number of aryl methyl sites for hydroxylation is 2. The van der Waals surface area contributed by atoms with Gasteiger partial charge in [-0.3, -0.25) is 9.78 Å². The van der Waals surface area contributed by atoms with Crippen molar-refractivity contribution in [3.63, 3.8) is 0 Å². The van der Waals surface area contributed by atoms with Gasteiger partial charge in [0.2, 0.25) is 0 Å². The number of nitrogens with zero attached hydrogens (tertiary/aromatic N) is 5. The van der Waals surface area contributed by atoms with E-state index in [9.17, 15) is 4.79 Å². The third-order valence-electron chi connectivity index (χ3n) is 4.29. The van der Waals surface area contributed by atoms with E-state index in [4.69, 9.17) is 0 Å². The van der Waals surface area contributed by atoms with Crippen LogP contribution in [0.5, 0.6) is 0 Å². The number of anilines is 1. The minimum atomic E-state index is 0.0357. The van der Waals surface area contributed by atoms with Crippen LogP contribution in [0, 0.1) is 5.92 Å². The Morgan fingerprint density at radius 3 is 2.95 bits per heavy atom. The van der Waals surface area contributed by atoms with Crippen LogP contribution in [0.25, 0.3) is 0 Å². The largest absolute Gasteiger partial charge is 0.355 e. The second-order valence-electron chi connectivity index (χ2n) is 5.82. The molecule has 0 amide bonds. The first-order valence-electron chi connectivity index (χ1n) is 7.40. The Morgan fingerprint density at radius 1 is 1.24 bits per heavy atom. The summed E-state index contributed by atoms with van der Waals surface area (Å²) in [7, 11) is 0. The maximum absolute atomic E-state index is 12.1. The topological polar surface area (TPSA) is 63.9 Å². The van der Waals surface area contributed by atoms with Gasteiger partial charge < -0.3 is 4.90 Å². The molecule has 0 N–H and O–H groups in total. The fourth-order valence-corrected chi connectivity index (χ4v) is 3.14. The zero-order valence-corrected chi connectivity index (χ0v) is 11.8. The highest BCUT2D eigenvalue weighted by atomic mass is 16.1. The van der Waals surface area contributed by atoms with Gasteiger partial charge in [0, 0.05) is 37.5 Å². The Labute approximate surface area is 122 Å². The second-order valence-corrected chi connectivity index (χ2v) is 5.82. The molecule has 3 heterocycles. The van der Waals surface area contributed by atoms with E-state index in [1.54, 1.807) is 29.3 Å². The van der Waals surface area contributed by atoms with Crippen LogP contribution in [0.2, 0.25) is 0 Å². The minimum Gasteiger partial charge on any atom is -0.355 e. The van der Waals surface area contributed by atoms with E-state index in [2.05, 4.69) is 20.0 Å². The summed E-state index contributed by atoms with van der Waals surface area (Å²) < 4.78 is 1.64. The first-order valence-corrected chi connectivity index (χ1v) is 7.40.